The lowest BCUT2D eigenvalue weighted by atomic mass is 9.93. The van der Waals surface area contributed by atoms with Gasteiger partial charge in [0.25, 0.3) is 0 Å². The van der Waals surface area contributed by atoms with Gasteiger partial charge in [-0.05, 0) is 0 Å². The lowest BCUT2D eigenvalue weighted by molar-refractivity contribution is -0.362. The Kier molecular flexibility index (Phi) is 16.8. The van der Waals surface area contributed by atoms with E-state index in [0.717, 1.165) is 27.7 Å². The van der Waals surface area contributed by atoms with E-state index in [9.17, 15) is 70.2 Å². The largest absolute Gasteiger partial charge is 0.394 e. The van der Waals surface area contributed by atoms with E-state index in [0.29, 0.717) is 0 Å². The molecule has 57 heavy (non-hydrogen) atoms. The van der Waals surface area contributed by atoms with Gasteiger partial charge in [-0.1, -0.05) is 0 Å². The molecule has 25 heteroatoms. The Morgan fingerprint density at radius 3 is 1.04 bits per heavy atom. The zero-order valence-electron chi connectivity index (χ0n) is 31.3. The summed E-state index contributed by atoms with van der Waals surface area (Å²) in [6, 6.07) is -6.15. The first-order chi connectivity index (χ1) is 26.9. The van der Waals surface area contributed by atoms with Crippen LogP contribution in [0.5, 0.6) is 0 Å². The van der Waals surface area contributed by atoms with Gasteiger partial charge in [-0.25, -0.2) is 0 Å². The minimum absolute atomic E-state index is 0.664. The zero-order valence-corrected chi connectivity index (χ0v) is 31.3. The van der Waals surface area contributed by atoms with Gasteiger partial charge in [0.15, 0.2) is 25.2 Å². The number of hydrogen-bond acceptors (Lipinski definition) is 21. The lowest BCUT2D eigenvalue weighted by Crippen LogP contribution is -2.71. The molecule has 0 bridgehead atoms. The van der Waals surface area contributed by atoms with Crippen molar-refractivity contribution in [2.45, 2.75) is 150 Å². The Hall–Kier alpha value is -2.80. The minimum atomic E-state index is -1.89. The van der Waals surface area contributed by atoms with E-state index < -0.39 is 173 Å². The van der Waals surface area contributed by atoms with Crippen LogP contribution >= 0.6 is 0 Å². The first-order valence-corrected chi connectivity index (χ1v) is 18.1. The van der Waals surface area contributed by atoms with Gasteiger partial charge in [0.2, 0.25) is 23.6 Å². The third-order valence-corrected chi connectivity index (χ3v) is 9.81. The van der Waals surface area contributed by atoms with Crippen LogP contribution < -0.4 is 21.3 Å². The zero-order chi connectivity index (χ0) is 42.5. The molecule has 4 saturated heterocycles. The van der Waals surface area contributed by atoms with Crippen LogP contribution in [0.4, 0.5) is 0 Å². The second-order valence-corrected chi connectivity index (χ2v) is 14.1. The number of carbonyl (C=O) groups excluding carboxylic acids is 4. The molecule has 20 atom stereocenters. The average molecular weight is 831 g/mol. The van der Waals surface area contributed by atoms with E-state index in [1.165, 1.54) is 0 Å². The van der Waals surface area contributed by atoms with Gasteiger partial charge in [-0.2, -0.15) is 0 Å². The molecule has 14 N–H and O–H groups in total. The normalized spacial score (nSPS) is 43.8. The summed E-state index contributed by atoms with van der Waals surface area (Å²) < 4.78 is 40.6. The summed E-state index contributed by atoms with van der Waals surface area (Å²) in [4.78, 5) is 48.5. The molecule has 4 aliphatic rings. The Morgan fingerprint density at radius 1 is 0.421 bits per heavy atom. The van der Waals surface area contributed by atoms with Crippen LogP contribution in [0.3, 0.4) is 0 Å². The Bertz CT molecular complexity index is 1370. The predicted octanol–water partition coefficient (Wildman–Crippen LogP) is -9.17. The molecule has 0 saturated carbocycles. The van der Waals surface area contributed by atoms with Crippen LogP contribution in [0.2, 0.25) is 0 Å². The van der Waals surface area contributed by atoms with Gasteiger partial charge < -0.3 is 105 Å². The summed E-state index contributed by atoms with van der Waals surface area (Å²) in [5.74, 6) is -2.84. The molecular weight excluding hydrogens is 776 g/mol. The number of ether oxygens (including phenoxy) is 7. The number of rotatable bonds is 14. The molecule has 0 radical (unpaired) electrons. The van der Waals surface area contributed by atoms with Crippen molar-refractivity contribution >= 4 is 23.6 Å². The molecular formula is C32H54N4O21. The third-order valence-electron chi connectivity index (χ3n) is 9.81. The maximum atomic E-state index is 12.4. The molecule has 4 heterocycles. The molecule has 0 aromatic heterocycles. The van der Waals surface area contributed by atoms with Crippen LogP contribution in [0.15, 0.2) is 0 Å². The van der Waals surface area contributed by atoms with E-state index in [4.69, 9.17) is 33.2 Å². The van der Waals surface area contributed by atoms with E-state index in [2.05, 4.69) is 21.3 Å². The first-order valence-electron chi connectivity index (χ1n) is 18.1. The summed E-state index contributed by atoms with van der Waals surface area (Å²) in [7, 11) is 0. The minimum Gasteiger partial charge on any atom is -0.394 e. The monoisotopic (exact) mass is 830 g/mol. The fraction of sp³-hybridized carbons (Fsp3) is 0.875. The van der Waals surface area contributed by atoms with E-state index in [-0.39, 0.29) is 0 Å². The number of aliphatic hydroxyl groups is 10. The SMILES string of the molecule is CC(=O)N[C@H]1C(O[C@H]2[C@H](O)[C@@H](NC(C)=O)C(O[C@H]3[C@H](O)[C@@H](NC(C)=O)C(O[C@H]4[C@H](O)[C@@H](NC(C)=O)C(O)O[C@@H]4CO)O[C@@H]3CO)O[C@@H]2CO)O[C@H](CO)[C@@H](O)[C@@H]1O. The summed E-state index contributed by atoms with van der Waals surface area (Å²) in [6.45, 7) is 0.884. The molecule has 0 spiro atoms. The highest BCUT2D eigenvalue weighted by atomic mass is 16.8. The third kappa shape index (κ3) is 10.9. The highest BCUT2D eigenvalue weighted by Gasteiger charge is 2.56. The molecule has 0 aromatic carbocycles. The molecule has 4 fully saturated rings. The Morgan fingerprint density at radius 2 is 0.702 bits per heavy atom. The van der Waals surface area contributed by atoms with Gasteiger partial charge in [0, 0.05) is 27.7 Å². The van der Waals surface area contributed by atoms with Gasteiger partial charge in [0.05, 0.1) is 26.4 Å². The standard InChI is InChI=1S/C32H54N4O21/c1-9(41)33-17-23(47)26(14(6-38)51-29(17)50)55-31-19(35-11(3)43)25(49)28(16(8-40)53-31)57-32-20(36-12(4)44)24(48)27(15(7-39)54-32)56-30-18(34-10(2)42)22(46)21(45)13(5-37)52-30/h13-32,37-40,45-50H,5-8H2,1-4H3,(H,33,41)(H,34,42)(H,35,43)(H,36,44)/t13-,14-,15-,16-,17-,18-,19-,20-,21-,22-,23-,24-,25-,26-,27-,28-,29?,30?,31?,32?/m1/s1. The van der Waals surface area contributed by atoms with Crippen molar-refractivity contribution in [3.63, 3.8) is 0 Å². The fourth-order valence-corrected chi connectivity index (χ4v) is 7.17. The van der Waals surface area contributed by atoms with Crippen LogP contribution in [0.1, 0.15) is 27.7 Å². The van der Waals surface area contributed by atoms with Crippen LogP contribution in [-0.2, 0) is 52.3 Å². The smallest absolute Gasteiger partial charge is 0.217 e. The summed E-state index contributed by atoms with van der Waals surface area (Å²) in [5.41, 5.74) is 0. The molecule has 4 aliphatic heterocycles. The van der Waals surface area contributed by atoms with Crippen molar-refractivity contribution in [1.29, 1.82) is 0 Å². The Labute approximate surface area is 325 Å². The number of nitrogens with one attached hydrogen (secondary N) is 4. The maximum Gasteiger partial charge on any atom is 0.217 e. The first kappa shape index (κ1) is 46.9. The number of hydrogen-bond donors (Lipinski definition) is 14. The highest BCUT2D eigenvalue weighted by Crippen LogP contribution is 2.34. The average Bonchev–Trinajstić information content (AvgIpc) is 3.14. The topological polar surface area (TPSA) is 383 Å². The Balaban J connectivity index is 1.61. The van der Waals surface area contributed by atoms with Gasteiger partial charge >= 0.3 is 0 Å². The van der Waals surface area contributed by atoms with Crippen molar-refractivity contribution in [3.05, 3.63) is 0 Å². The number of aliphatic hydroxyl groups excluding tert-OH is 10. The van der Waals surface area contributed by atoms with Crippen LogP contribution in [0, 0.1) is 0 Å². The molecule has 4 unspecified atom stereocenters. The molecule has 0 aromatic rings. The van der Waals surface area contributed by atoms with Crippen LogP contribution in [0.25, 0.3) is 0 Å². The second kappa shape index (κ2) is 20.4. The van der Waals surface area contributed by atoms with E-state index in [1.807, 2.05) is 0 Å². The van der Waals surface area contributed by atoms with Gasteiger partial charge in [-0.15, -0.1) is 0 Å². The number of amides is 4. The fourth-order valence-electron chi connectivity index (χ4n) is 7.17. The summed E-state index contributed by atoms with van der Waals surface area (Å²) in [6.07, 6.45) is -26.9. The lowest BCUT2D eigenvalue weighted by Gasteiger charge is -2.51. The van der Waals surface area contributed by atoms with Gasteiger partial charge in [0.1, 0.15) is 97.4 Å². The van der Waals surface area contributed by atoms with E-state index >= 15 is 0 Å². The number of carbonyl (C=O) groups is 4. The van der Waals surface area contributed by atoms with Crippen LogP contribution in [-0.4, -0.2) is 224 Å². The van der Waals surface area contributed by atoms with Crippen molar-refractivity contribution < 1.29 is 103 Å². The second-order valence-electron chi connectivity index (χ2n) is 14.1. The molecule has 4 amide bonds. The molecule has 4 rings (SSSR count). The van der Waals surface area contributed by atoms with Gasteiger partial charge in [-0.3, -0.25) is 19.2 Å². The molecule has 328 valence electrons. The van der Waals surface area contributed by atoms with E-state index in [1.54, 1.807) is 0 Å². The molecule has 0 aliphatic carbocycles. The molecule has 25 nitrogen and oxygen atoms in total. The quantitative estimate of drug-likeness (QED) is 0.0773. The van der Waals surface area contributed by atoms with Crippen molar-refractivity contribution in [3.8, 4) is 0 Å². The highest BCUT2D eigenvalue weighted by molar-refractivity contribution is 5.74. The van der Waals surface area contributed by atoms with Crippen molar-refractivity contribution in [1.82, 2.24) is 21.3 Å². The predicted molar refractivity (Wildman–Crippen MR) is 180 cm³/mol. The maximum absolute atomic E-state index is 12.4. The summed E-state index contributed by atoms with van der Waals surface area (Å²) >= 11 is 0. The van der Waals surface area contributed by atoms with Crippen molar-refractivity contribution in [2.24, 2.45) is 0 Å². The van der Waals surface area contributed by atoms with Crippen molar-refractivity contribution in [2.75, 3.05) is 26.4 Å². The summed E-state index contributed by atoms with van der Waals surface area (Å²) in [5, 5.41) is 116.